The monoisotopic (exact) mass is 234 g/mol. The molecule has 3 atom stereocenters. The van der Waals surface area contributed by atoms with E-state index in [0.29, 0.717) is 0 Å². The molecule has 2 bridgehead atoms. The van der Waals surface area contributed by atoms with Crippen LogP contribution in [0, 0.1) is 33.5 Å². The summed E-state index contributed by atoms with van der Waals surface area (Å²) in [7, 11) is 0. The summed E-state index contributed by atoms with van der Waals surface area (Å²) in [5.74, 6) is -2.49. The summed E-state index contributed by atoms with van der Waals surface area (Å²) in [6.45, 7) is 2.64. The summed E-state index contributed by atoms with van der Waals surface area (Å²) in [4.78, 5) is 0. The molecule has 7 heteroatoms. The van der Waals surface area contributed by atoms with E-state index in [1.54, 1.807) is 12.1 Å². The van der Waals surface area contributed by atoms with Gasteiger partial charge in [-0.25, -0.2) is 0 Å². The van der Waals surface area contributed by atoms with Crippen molar-refractivity contribution < 1.29 is 14.6 Å². The molecule has 0 amide bonds. The molecule has 2 aliphatic rings. The van der Waals surface area contributed by atoms with Gasteiger partial charge in [-0.2, -0.15) is 10.5 Å². The maximum atomic E-state index is 10.4. The van der Waals surface area contributed by atoms with E-state index in [2.05, 4.69) is 0 Å². The molecule has 0 saturated carbocycles. The van der Waals surface area contributed by atoms with Gasteiger partial charge in [0.1, 0.15) is 11.6 Å². The number of nitrogens with zero attached hydrogens (tertiary/aromatic N) is 2. The Balaban J connectivity index is 2.87. The van der Waals surface area contributed by atoms with Gasteiger partial charge in [-0.3, -0.25) is 5.41 Å². The Hall–Kier alpha value is -2.25. The second-order valence-corrected chi connectivity index (χ2v) is 4.26. The quantitative estimate of drug-likeness (QED) is 0.526. The normalized spacial score (nSPS) is 43.5. The fraction of sp³-hybridized carbons (Fsp3) is 0.500. The molecular formula is C10H10N4O3. The zero-order chi connectivity index (χ0) is 13.1. The summed E-state index contributed by atoms with van der Waals surface area (Å²) >= 11 is 0. The third-order valence-electron chi connectivity index (χ3n) is 3.46. The van der Waals surface area contributed by atoms with Gasteiger partial charge in [0, 0.05) is 6.92 Å². The van der Waals surface area contributed by atoms with Crippen LogP contribution in [0.3, 0.4) is 0 Å². The smallest absolute Gasteiger partial charge is 0.282 e. The Kier molecular flexibility index (Phi) is 1.79. The highest BCUT2D eigenvalue weighted by atomic mass is 16.7. The standard InChI is InChI=1S/C10H10N4O3/c1-8(15)9(2)16-6(13)5(3-11)10(8,4-12)7(14)17-9/h14-15H,13H2,1-2H3. The van der Waals surface area contributed by atoms with E-state index in [1.165, 1.54) is 13.8 Å². The van der Waals surface area contributed by atoms with Gasteiger partial charge in [0.2, 0.25) is 17.2 Å². The molecule has 7 nitrogen and oxygen atoms in total. The van der Waals surface area contributed by atoms with E-state index in [1.807, 2.05) is 0 Å². The van der Waals surface area contributed by atoms with Crippen molar-refractivity contribution in [2.45, 2.75) is 25.2 Å². The predicted octanol–water partition coefficient (Wildman–Crippen LogP) is -0.305. The number of fused-ring (bicyclic) bond motifs is 2. The Morgan fingerprint density at radius 1 is 1.35 bits per heavy atom. The molecule has 0 spiro atoms. The minimum Gasteiger partial charge on any atom is -0.434 e. The lowest BCUT2D eigenvalue weighted by atomic mass is 9.66. The first kappa shape index (κ1) is 11.2. The summed E-state index contributed by atoms with van der Waals surface area (Å²) in [5, 5.41) is 36.4. The number of hydrogen-bond acceptors (Lipinski definition) is 7. The molecule has 1 saturated heterocycles. The molecule has 4 N–H and O–H groups in total. The van der Waals surface area contributed by atoms with E-state index < -0.39 is 22.7 Å². The number of hydrogen-bond donors (Lipinski definition) is 3. The molecule has 17 heavy (non-hydrogen) atoms. The maximum absolute atomic E-state index is 10.4. The summed E-state index contributed by atoms with van der Waals surface area (Å²) in [5.41, 5.74) is 1.44. The van der Waals surface area contributed by atoms with Crippen molar-refractivity contribution in [3.05, 3.63) is 11.5 Å². The second kappa shape index (κ2) is 2.70. The first-order valence-electron chi connectivity index (χ1n) is 4.78. The highest BCUT2D eigenvalue weighted by Gasteiger charge is 2.76. The molecular weight excluding hydrogens is 224 g/mol. The number of nitrogens with one attached hydrogen (secondary N) is 1. The molecule has 3 unspecified atom stereocenters. The van der Waals surface area contributed by atoms with Gasteiger partial charge in [0.25, 0.3) is 5.79 Å². The number of nitrogens with two attached hydrogens (primary N) is 1. The number of aliphatic hydroxyl groups is 1. The van der Waals surface area contributed by atoms with Gasteiger partial charge >= 0.3 is 0 Å². The predicted molar refractivity (Wildman–Crippen MR) is 53.8 cm³/mol. The second-order valence-electron chi connectivity index (χ2n) is 4.26. The Morgan fingerprint density at radius 2 is 1.94 bits per heavy atom. The lowest BCUT2D eigenvalue weighted by Gasteiger charge is -2.42. The average molecular weight is 234 g/mol. The highest BCUT2D eigenvalue weighted by molar-refractivity contribution is 5.93. The zero-order valence-corrected chi connectivity index (χ0v) is 9.24. The molecule has 2 aliphatic heterocycles. The summed E-state index contributed by atoms with van der Waals surface area (Å²) in [6, 6.07) is 3.47. The lowest BCUT2D eigenvalue weighted by molar-refractivity contribution is -0.250. The first-order valence-corrected chi connectivity index (χ1v) is 4.78. The summed E-state index contributed by atoms with van der Waals surface area (Å²) in [6.07, 6.45) is 0. The van der Waals surface area contributed by atoms with E-state index in [-0.39, 0.29) is 11.5 Å². The fourth-order valence-electron chi connectivity index (χ4n) is 2.21. The van der Waals surface area contributed by atoms with Gasteiger partial charge in [0.05, 0.1) is 6.07 Å². The van der Waals surface area contributed by atoms with Crippen LogP contribution in [0.15, 0.2) is 11.5 Å². The van der Waals surface area contributed by atoms with Gasteiger partial charge in [-0.05, 0) is 6.92 Å². The molecule has 0 aliphatic carbocycles. The minimum absolute atomic E-state index is 0.301. The third-order valence-corrected chi connectivity index (χ3v) is 3.46. The molecule has 1 fully saturated rings. The van der Waals surface area contributed by atoms with E-state index in [9.17, 15) is 10.4 Å². The SMILES string of the molecule is CC12OC(=N)C(C#N)(C(C#N)=C(N)O1)C2(C)O. The van der Waals surface area contributed by atoms with E-state index >= 15 is 0 Å². The Bertz CT molecular complexity index is 539. The van der Waals surface area contributed by atoms with Crippen LogP contribution >= 0.6 is 0 Å². The maximum Gasteiger partial charge on any atom is 0.282 e. The van der Waals surface area contributed by atoms with Crippen molar-refractivity contribution in [2.75, 3.05) is 0 Å². The van der Waals surface area contributed by atoms with E-state index in [4.69, 9.17) is 25.9 Å². The minimum atomic E-state index is -1.92. The molecule has 2 heterocycles. The van der Waals surface area contributed by atoms with Gasteiger partial charge in [-0.1, -0.05) is 0 Å². The van der Waals surface area contributed by atoms with Crippen molar-refractivity contribution in [3.8, 4) is 12.1 Å². The van der Waals surface area contributed by atoms with Crippen molar-refractivity contribution >= 4 is 5.90 Å². The fourth-order valence-corrected chi connectivity index (χ4v) is 2.21. The van der Waals surface area contributed by atoms with Crippen molar-refractivity contribution in [1.82, 2.24) is 0 Å². The van der Waals surface area contributed by atoms with Crippen molar-refractivity contribution in [3.63, 3.8) is 0 Å². The zero-order valence-electron chi connectivity index (χ0n) is 9.24. The van der Waals surface area contributed by atoms with Crippen LogP contribution in [0.5, 0.6) is 0 Å². The number of nitriles is 2. The molecule has 2 rings (SSSR count). The molecule has 88 valence electrons. The van der Waals surface area contributed by atoms with Gasteiger partial charge in [0.15, 0.2) is 5.60 Å². The van der Waals surface area contributed by atoms with Crippen LogP contribution in [0.2, 0.25) is 0 Å². The van der Waals surface area contributed by atoms with Crippen molar-refractivity contribution in [2.24, 2.45) is 11.1 Å². The van der Waals surface area contributed by atoms with E-state index in [0.717, 1.165) is 0 Å². The van der Waals surface area contributed by atoms with Crippen LogP contribution < -0.4 is 5.73 Å². The molecule has 0 aromatic carbocycles. The molecule has 0 radical (unpaired) electrons. The average Bonchev–Trinajstić information content (AvgIpc) is 2.31. The topological polar surface area (TPSA) is 136 Å². The third kappa shape index (κ3) is 0.869. The summed E-state index contributed by atoms with van der Waals surface area (Å²) < 4.78 is 10.3. The number of rotatable bonds is 0. The first-order chi connectivity index (χ1) is 7.77. The van der Waals surface area contributed by atoms with Gasteiger partial charge < -0.3 is 20.3 Å². The van der Waals surface area contributed by atoms with Crippen LogP contribution in [-0.4, -0.2) is 22.4 Å². The molecule has 0 aromatic heterocycles. The largest absolute Gasteiger partial charge is 0.434 e. The Morgan fingerprint density at radius 3 is 2.41 bits per heavy atom. The molecule has 0 aromatic rings. The Labute approximate surface area is 97.2 Å². The van der Waals surface area contributed by atoms with Crippen LogP contribution in [-0.2, 0) is 9.47 Å². The lowest BCUT2D eigenvalue weighted by Crippen LogP contribution is -2.60. The van der Waals surface area contributed by atoms with Crippen LogP contribution in [0.25, 0.3) is 0 Å². The highest BCUT2D eigenvalue weighted by Crippen LogP contribution is 2.57. The van der Waals surface area contributed by atoms with Crippen LogP contribution in [0.1, 0.15) is 13.8 Å². The number of ether oxygens (including phenoxy) is 2. The van der Waals surface area contributed by atoms with Crippen molar-refractivity contribution in [1.29, 1.82) is 15.9 Å². The van der Waals surface area contributed by atoms with Gasteiger partial charge in [-0.15, -0.1) is 0 Å². The van der Waals surface area contributed by atoms with Crippen LogP contribution in [0.4, 0.5) is 0 Å².